The van der Waals surface area contributed by atoms with Crippen LogP contribution in [0.1, 0.15) is 24.0 Å². The highest BCUT2D eigenvalue weighted by Crippen LogP contribution is 2.30. The second kappa shape index (κ2) is 9.08. The van der Waals surface area contributed by atoms with Crippen molar-refractivity contribution in [2.24, 2.45) is 5.92 Å². The molecule has 0 aromatic heterocycles. The minimum Gasteiger partial charge on any atom is -0.493 e. The van der Waals surface area contributed by atoms with E-state index in [1.54, 1.807) is 32.4 Å². The van der Waals surface area contributed by atoms with Crippen LogP contribution in [0.5, 0.6) is 11.5 Å². The van der Waals surface area contributed by atoms with Gasteiger partial charge in [0.25, 0.3) is 0 Å². The fourth-order valence-corrected chi connectivity index (χ4v) is 2.73. The van der Waals surface area contributed by atoms with E-state index >= 15 is 0 Å². The molecule has 2 aromatic rings. The van der Waals surface area contributed by atoms with Crippen molar-refractivity contribution in [3.05, 3.63) is 59.7 Å². The zero-order valence-corrected chi connectivity index (χ0v) is 16.0. The third kappa shape index (κ3) is 5.36. The van der Waals surface area contributed by atoms with Crippen molar-refractivity contribution in [1.82, 2.24) is 5.32 Å². The third-order valence-corrected chi connectivity index (χ3v) is 4.44. The first-order chi connectivity index (χ1) is 13.6. The monoisotopic (exact) mass is 380 g/mol. The van der Waals surface area contributed by atoms with Crippen LogP contribution in [-0.2, 0) is 16.1 Å². The molecular formula is C22H24N2O4. The van der Waals surface area contributed by atoms with Gasteiger partial charge in [-0.15, -0.1) is 0 Å². The van der Waals surface area contributed by atoms with Gasteiger partial charge in [-0.2, -0.15) is 0 Å². The Bertz CT molecular complexity index is 888. The first-order valence-electron chi connectivity index (χ1n) is 9.17. The number of hydrogen-bond donors (Lipinski definition) is 2. The Balaban J connectivity index is 1.54. The van der Waals surface area contributed by atoms with E-state index in [0.717, 1.165) is 29.7 Å². The van der Waals surface area contributed by atoms with Crippen molar-refractivity contribution in [2.75, 3.05) is 19.5 Å². The fraction of sp³-hybridized carbons (Fsp3) is 0.273. The van der Waals surface area contributed by atoms with E-state index in [4.69, 9.17) is 9.47 Å². The molecule has 0 bridgehead atoms. The Kier molecular flexibility index (Phi) is 6.32. The van der Waals surface area contributed by atoms with Gasteiger partial charge in [-0.05, 0) is 54.3 Å². The SMILES string of the molecule is COc1ccc(/C=C/C(=O)NCc2cccc(NC(=O)C3CC3)c2)cc1OC. The first kappa shape index (κ1) is 19.5. The predicted octanol–water partition coefficient (Wildman–Crippen LogP) is 3.38. The highest BCUT2D eigenvalue weighted by atomic mass is 16.5. The number of ether oxygens (including phenoxy) is 2. The predicted molar refractivity (Wildman–Crippen MR) is 108 cm³/mol. The second-order valence-electron chi connectivity index (χ2n) is 6.63. The summed E-state index contributed by atoms with van der Waals surface area (Å²) < 4.78 is 10.5. The summed E-state index contributed by atoms with van der Waals surface area (Å²) in [6.07, 6.45) is 5.12. The number of benzene rings is 2. The minimum atomic E-state index is -0.206. The van der Waals surface area contributed by atoms with E-state index < -0.39 is 0 Å². The molecule has 1 saturated carbocycles. The van der Waals surface area contributed by atoms with Crippen LogP contribution in [0.15, 0.2) is 48.5 Å². The largest absolute Gasteiger partial charge is 0.493 e. The summed E-state index contributed by atoms with van der Waals surface area (Å²) in [4.78, 5) is 24.0. The molecule has 6 heteroatoms. The lowest BCUT2D eigenvalue weighted by Gasteiger charge is -2.08. The quantitative estimate of drug-likeness (QED) is 0.689. The summed E-state index contributed by atoms with van der Waals surface area (Å²) in [6.45, 7) is 0.377. The van der Waals surface area contributed by atoms with Crippen molar-refractivity contribution < 1.29 is 19.1 Å². The fourth-order valence-electron chi connectivity index (χ4n) is 2.73. The highest BCUT2D eigenvalue weighted by Gasteiger charge is 2.29. The number of amides is 2. The molecular weight excluding hydrogens is 356 g/mol. The first-order valence-corrected chi connectivity index (χ1v) is 9.17. The third-order valence-electron chi connectivity index (χ3n) is 4.44. The molecule has 1 aliphatic rings. The average molecular weight is 380 g/mol. The van der Waals surface area contributed by atoms with Crippen LogP contribution in [0.4, 0.5) is 5.69 Å². The summed E-state index contributed by atoms with van der Waals surface area (Å²) >= 11 is 0. The molecule has 0 radical (unpaired) electrons. The number of nitrogens with one attached hydrogen (secondary N) is 2. The van der Waals surface area contributed by atoms with Crippen LogP contribution in [-0.4, -0.2) is 26.0 Å². The van der Waals surface area contributed by atoms with Crippen molar-refractivity contribution in [3.8, 4) is 11.5 Å². The Morgan fingerprint density at radius 1 is 1.07 bits per heavy atom. The van der Waals surface area contributed by atoms with Gasteiger partial charge < -0.3 is 20.1 Å². The lowest BCUT2D eigenvalue weighted by atomic mass is 10.1. The zero-order chi connectivity index (χ0) is 19.9. The second-order valence-corrected chi connectivity index (χ2v) is 6.63. The molecule has 2 amide bonds. The molecule has 0 spiro atoms. The number of methoxy groups -OCH3 is 2. The molecule has 1 fully saturated rings. The Labute approximate surface area is 164 Å². The lowest BCUT2D eigenvalue weighted by molar-refractivity contribution is -0.117. The zero-order valence-electron chi connectivity index (χ0n) is 16.0. The molecule has 0 atom stereocenters. The maximum atomic E-state index is 12.1. The number of rotatable bonds is 8. The summed E-state index contributed by atoms with van der Waals surface area (Å²) in [6, 6.07) is 12.9. The number of anilines is 1. The molecule has 6 nitrogen and oxygen atoms in total. The molecule has 0 unspecified atom stereocenters. The smallest absolute Gasteiger partial charge is 0.244 e. The van der Waals surface area contributed by atoms with Crippen molar-refractivity contribution >= 4 is 23.6 Å². The molecule has 2 N–H and O–H groups in total. The van der Waals surface area contributed by atoms with Gasteiger partial charge in [-0.25, -0.2) is 0 Å². The molecule has 0 heterocycles. The van der Waals surface area contributed by atoms with E-state index in [0.29, 0.717) is 18.0 Å². The van der Waals surface area contributed by atoms with Gasteiger partial charge >= 0.3 is 0 Å². The molecule has 3 rings (SSSR count). The van der Waals surface area contributed by atoms with Crippen LogP contribution in [0, 0.1) is 5.92 Å². The number of carbonyl (C=O) groups is 2. The summed E-state index contributed by atoms with van der Waals surface area (Å²) in [5, 5.41) is 5.75. The van der Waals surface area contributed by atoms with Crippen LogP contribution < -0.4 is 20.1 Å². The van der Waals surface area contributed by atoms with E-state index in [1.165, 1.54) is 6.08 Å². The lowest BCUT2D eigenvalue weighted by Crippen LogP contribution is -2.20. The maximum absolute atomic E-state index is 12.1. The van der Waals surface area contributed by atoms with Gasteiger partial charge in [0.1, 0.15) is 0 Å². The molecule has 28 heavy (non-hydrogen) atoms. The van der Waals surface area contributed by atoms with Gasteiger partial charge in [-0.3, -0.25) is 9.59 Å². The van der Waals surface area contributed by atoms with Crippen LogP contribution >= 0.6 is 0 Å². The Morgan fingerprint density at radius 3 is 2.57 bits per heavy atom. The van der Waals surface area contributed by atoms with Crippen molar-refractivity contribution in [2.45, 2.75) is 19.4 Å². The molecule has 0 saturated heterocycles. The van der Waals surface area contributed by atoms with E-state index in [1.807, 2.05) is 30.3 Å². The van der Waals surface area contributed by atoms with E-state index in [-0.39, 0.29) is 17.7 Å². The van der Waals surface area contributed by atoms with Gasteiger partial charge in [0.05, 0.1) is 14.2 Å². The summed E-state index contributed by atoms with van der Waals surface area (Å²) in [7, 11) is 3.15. The van der Waals surface area contributed by atoms with E-state index in [9.17, 15) is 9.59 Å². The molecule has 146 valence electrons. The molecule has 1 aliphatic carbocycles. The van der Waals surface area contributed by atoms with Crippen molar-refractivity contribution in [1.29, 1.82) is 0 Å². The highest BCUT2D eigenvalue weighted by molar-refractivity contribution is 5.94. The summed E-state index contributed by atoms with van der Waals surface area (Å²) in [5.74, 6) is 1.26. The summed E-state index contributed by atoms with van der Waals surface area (Å²) in [5.41, 5.74) is 2.50. The van der Waals surface area contributed by atoms with E-state index in [2.05, 4.69) is 10.6 Å². The van der Waals surface area contributed by atoms with Crippen LogP contribution in [0.2, 0.25) is 0 Å². The average Bonchev–Trinajstić information content (AvgIpc) is 3.56. The van der Waals surface area contributed by atoms with Gasteiger partial charge in [0, 0.05) is 24.2 Å². The Hall–Kier alpha value is -3.28. The van der Waals surface area contributed by atoms with Gasteiger partial charge in [0.15, 0.2) is 11.5 Å². The normalized spacial score (nSPS) is 13.2. The molecule has 0 aliphatic heterocycles. The topological polar surface area (TPSA) is 76.7 Å². The number of carbonyl (C=O) groups excluding carboxylic acids is 2. The standard InChI is InChI=1S/C22H24N2O4/c1-27-19-10-6-15(13-20(19)28-2)7-11-21(25)23-14-16-4-3-5-18(12-16)24-22(26)17-8-9-17/h3-7,10-13,17H,8-9,14H2,1-2H3,(H,23,25)(H,24,26)/b11-7+. The van der Waals surface area contributed by atoms with Crippen LogP contribution in [0.3, 0.4) is 0 Å². The van der Waals surface area contributed by atoms with Crippen molar-refractivity contribution in [3.63, 3.8) is 0 Å². The number of hydrogen-bond acceptors (Lipinski definition) is 4. The van der Waals surface area contributed by atoms with Gasteiger partial charge in [-0.1, -0.05) is 18.2 Å². The molecule has 2 aromatic carbocycles. The van der Waals surface area contributed by atoms with Gasteiger partial charge in [0.2, 0.25) is 11.8 Å². The van der Waals surface area contributed by atoms with Crippen LogP contribution in [0.25, 0.3) is 6.08 Å². The Morgan fingerprint density at radius 2 is 1.86 bits per heavy atom. The maximum Gasteiger partial charge on any atom is 0.244 e. The minimum absolute atomic E-state index is 0.0686.